The Labute approximate surface area is 203 Å². The number of benzene rings is 2. The predicted octanol–water partition coefficient (Wildman–Crippen LogP) is 2.97. The van der Waals surface area contributed by atoms with E-state index in [0.717, 1.165) is 10.9 Å². The van der Waals surface area contributed by atoms with Crippen molar-refractivity contribution in [2.75, 3.05) is 13.1 Å². The van der Waals surface area contributed by atoms with Gasteiger partial charge in [0.1, 0.15) is 17.7 Å². The van der Waals surface area contributed by atoms with Gasteiger partial charge in [0.25, 0.3) is 11.5 Å². The van der Waals surface area contributed by atoms with E-state index >= 15 is 0 Å². The van der Waals surface area contributed by atoms with Gasteiger partial charge in [-0.15, -0.1) is 0 Å². The van der Waals surface area contributed by atoms with Crippen LogP contribution in [0.5, 0.6) is 17.2 Å². The maximum absolute atomic E-state index is 13.0. The van der Waals surface area contributed by atoms with Crippen molar-refractivity contribution in [3.63, 3.8) is 0 Å². The van der Waals surface area contributed by atoms with Gasteiger partial charge in [0, 0.05) is 13.1 Å². The van der Waals surface area contributed by atoms with Gasteiger partial charge in [0.15, 0.2) is 5.75 Å². The summed E-state index contributed by atoms with van der Waals surface area (Å²) in [4.78, 5) is 40.0. The van der Waals surface area contributed by atoms with Crippen molar-refractivity contribution in [2.45, 2.75) is 26.1 Å². The molecule has 0 bridgehead atoms. The number of carbonyl (C=O) groups excluding carboxylic acids is 1. The van der Waals surface area contributed by atoms with E-state index in [1.807, 2.05) is 13.8 Å². The molecule has 12 heteroatoms. The molecular formula is C22H20Cl2N4O6. The highest BCUT2D eigenvalue weighted by Crippen LogP contribution is 2.39. The van der Waals surface area contributed by atoms with Gasteiger partial charge in [0.2, 0.25) is 0 Å². The Morgan fingerprint density at radius 2 is 1.79 bits per heavy atom. The summed E-state index contributed by atoms with van der Waals surface area (Å²) in [5.74, 6) is -0.269. The molecule has 178 valence electrons. The summed E-state index contributed by atoms with van der Waals surface area (Å²) < 4.78 is 12.4. The van der Waals surface area contributed by atoms with Crippen LogP contribution in [-0.2, 0) is 4.74 Å². The van der Waals surface area contributed by atoms with E-state index in [0.29, 0.717) is 13.1 Å². The molecule has 1 amide bonds. The minimum absolute atomic E-state index is 0.0548. The van der Waals surface area contributed by atoms with E-state index in [2.05, 4.69) is 10.1 Å². The highest BCUT2D eigenvalue weighted by molar-refractivity contribution is 6.37. The Balaban J connectivity index is 1.62. The fourth-order valence-corrected chi connectivity index (χ4v) is 4.24. The standard InChI is InChI=1S/C22H20Cl2N4O6/c1-11-9-27(10-12(2)33-11)21(31)15-7-14(3-4-18(15)29)34-20-16(23)5-13(6-17(20)24)28-22(32)26-19(30)8-25-28/h3-8,11-12,29H,9-10H2,1-2H3,(H,26,30,32)/t11-,12+. The molecule has 1 aliphatic heterocycles. The second-order valence-electron chi connectivity index (χ2n) is 7.84. The summed E-state index contributed by atoms with van der Waals surface area (Å²) in [5.41, 5.74) is -1.13. The van der Waals surface area contributed by atoms with Crippen LogP contribution in [0.25, 0.3) is 5.69 Å². The van der Waals surface area contributed by atoms with Crippen LogP contribution in [0.15, 0.2) is 46.1 Å². The molecule has 10 nitrogen and oxygen atoms in total. The summed E-state index contributed by atoms with van der Waals surface area (Å²) in [7, 11) is 0. The Bertz CT molecular complexity index is 1340. The van der Waals surface area contributed by atoms with E-state index in [1.165, 1.54) is 30.3 Å². The van der Waals surface area contributed by atoms with Crippen molar-refractivity contribution >= 4 is 29.1 Å². The number of aromatic nitrogens is 3. The zero-order chi connectivity index (χ0) is 24.6. The molecule has 0 radical (unpaired) electrons. The van der Waals surface area contributed by atoms with Crippen molar-refractivity contribution in [2.24, 2.45) is 0 Å². The van der Waals surface area contributed by atoms with Gasteiger partial charge in [-0.3, -0.25) is 14.6 Å². The second-order valence-corrected chi connectivity index (χ2v) is 8.65. The lowest BCUT2D eigenvalue weighted by atomic mass is 10.1. The Hall–Kier alpha value is -3.34. The molecule has 4 rings (SSSR count). The van der Waals surface area contributed by atoms with E-state index in [4.69, 9.17) is 32.7 Å². The zero-order valence-corrected chi connectivity index (χ0v) is 19.6. The first-order valence-corrected chi connectivity index (χ1v) is 11.0. The molecule has 1 saturated heterocycles. The monoisotopic (exact) mass is 506 g/mol. The summed E-state index contributed by atoms with van der Waals surface area (Å²) in [6, 6.07) is 6.98. The first-order valence-electron chi connectivity index (χ1n) is 10.3. The van der Waals surface area contributed by atoms with Gasteiger partial charge >= 0.3 is 5.69 Å². The first-order chi connectivity index (χ1) is 16.1. The van der Waals surface area contributed by atoms with E-state index in [-0.39, 0.29) is 56.7 Å². The summed E-state index contributed by atoms with van der Waals surface area (Å²) in [5, 5.41) is 14.2. The number of ether oxygens (including phenoxy) is 2. The van der Waals surface area contributed by atoms with Gasteiger partial charge in [-0.25, -0.2) is 4.79 Å². The lowest BCUT2D eigenvalue weighted by Gasteiger charge is -2.35. The van der Waals surface area contributed by atoms with Crippen LogP contribution in [0.1, 0.15) is 24.2 Å². The maximum atomic E-state index is 13.0. The van der Waals surface area contributed by atoms with Crippen molar-refractivity contribution in [1.82, 2.24) is 19.7 Å². The van der Waals surface area contributed by atoms with E-state index in [1.54, 1.807) is 4.90 Å². The molecule has 1 aliphatic rings. The molecule has 1 aromatic heterocycles. The van der Waals surface area contributed by atoms with Gasteiger partial charge in [-0.05, 0) is 44.2 Å². The smallest absolute Gasteiger partial charge is 0.349 e. The molecule has 1 fully saturated rings. The molecule has 0 aliphatic carbocycles. The number of morpholine rings is 1. The molecule has 2 atom stereocenters. The molecular weight excluding hydrogens is 487 g/mol. The van der Waals surface area contributed by atoms with Crippen LogP contribution in [0.2, 0.25) is 10.0 Å². The van der Waals surface area contributed by atoms with Crippen molar-refractivity contribution in [3.05, 3.63) is 73.0 Å². The lowest BCUT2D eigenvalue weighted by Crippen LogP contribution is -2.48. The number of phenolic OH excluding ortho intramolecular Hbond substituents is 1. The van der Waals surface area contributed by atoms with E-state index < -0.39 is 11.2 Å². The van der Waals surface area contributed by atoms with Gasteiger partial charge < -0.3 is 19.5 Å². The van der Waals surface area contributed by atoms with Crippen LogP contribution in [0.4, 0.5) is 0 Å². The number of rotatable bonds is 4. The molecule has 2 aromatic carbocycles. The highest BCUT2D eigenvalue weighted by Gasteiger charge is 2.28. The number of halogens is 2. The molecule has 34 heavy (non-hydrogen) atoms. The summed E-state index contributed by atoms with van der Waals surface area (Å²) >= 11 is 12.7. The molecule has 2 heterocycles. The largest absolute Gasteiger partial charge is 0.507 e. The number of phenols is 1. The maximum Gasteiger partial charge on any atom is 0.349 e. The third-order valence-corrected chi connectivity index (χ3v) is 5.63. The van der Waals surface area contributed by atoms with Crippen LogP contribution < -0.4 is 16.0 Å². The van der Waals surface area contributed by atoms with Gasteiger partial charge in [-0.1, -0.05) is 23.2 Å². The molecule has 0 spiro atoms. The van der Waals surface area contributed by atoms with Gasteiger partial charge in [-0.2, -0.15) is 9.78 Å². The lowest BCUT2D eigenvalue weighted by molar-refractivity contribution is -0.0586. The number of H-pyrrole nitrogens is 1. The number of nitrogens with zero attached hydrogens (tertiary/aromatic N) is 3. The number of aromatic amines is 1. The number of carbonyl (C=O) groups is 1. The zero-order valence-electron chi connectivity index (χ0n) is 18.1. The number of aromatic hydroxyl groups is 1. The Morgan fingerprint density at radius 1 is 1.15 bits per heavy atom. The Kier molecular flexibility index (Phi) is 6.65. The molecule has 3 aromatic rings. The molecule has 0 saturated carbocycles. The fourth-order valence-electron chi connectivity index (χ4n) is 3.69. The number of hydrogen-bond acceptors (Lipinski definition) is 7. The minimum Gasteiger partial charge on any atom is -0.507 e. The third kappa shape index (κ3) is 4.93. The van der Waals surface area contributed by atoms with Crippen molar-refractivity contribution in [3.8, 4) is 22.9 Å². The van der Waals surface area contributed by atoms with E-state index in [9.17, 15) is 19.5 Å². The first kappa shape index (κ1) is 23.8. The number of nitrogens with one attached hydrogen (secondary N) is 1. The summed E-state index contributed by atoms with van der Waals surface area (Å²) in [6.45, 7) is 4.54. The number of amides is 1. The predicted molar refractivity (Wildman–Crippen MR) is 125 cm³/mol. The average molecular weight is 507 g/mol. The van der Waals surface area contributed by atoms with Crippen molar-refractivity contribution < 1.29 is 19.4 Å². The van der Waals surface area contributed by atoms with Crippen LogP contribution in [-0.4, -0.2) is 56.0 Å². The summed E-state index contributed by atoms with van der Waals surface area (Å²) in [6.07, 6.45) is 0.683. The van der Waals surface area contributed by atoms with Crippen LogP contribution in [0.3, 0.4) is 0 Å². The topological polar surface area (TPSA) is 127 Å². The highest BCUT2D eigenvalue weighted by atomic mass is 35.5. The van der Waals surface area contributed by atoms with Crippen molar-refractivity contribution in [1.29, 1.82) is 0 Å². The van der Waals surface area contributed by atoms with Gasteiger partial charge in [0.05, 0.1) is 33.5 Å². The van der Waals surface area contributed by atoms with Crippen LogP contribution in [0, 0.1) is 0 Å². The molecule has 0 unspecified atom stereocenters. The SMILES string of the molecule is C[C@@H]1CN(C(=O)c2cc(Oc3c(Cl)cc(-n4ncc(=O)[nH]c4=O)cc3Cl)ccc2O)C[C@H](C)O1. The number of hydrogen-bond donors (Lipinski definition) is 2. The van der Waals surface area contributed by atoms with Crippen LogP contribution >= 0.6 is 23.2 Å². The fraction of sp³-hybridized carbons (Fsp3) is 0.273. The molecule has 2 N–H and O–H groups in total. The Morgan fingerprint density at radius 3 is 2.41 bits per heavy atom. The minimum atomic E-state index is -0.762. The average Bonchev–Trinajstić information content (AvgIpc) is 2.76. The second kappa shape index (κ2) is 9.49. The third-order valence-electron chi connectivity index (χ3n) is 5.07. The normalized spacial score (nSPS) is 18.1. The quantitative estimate of drug-likeness (QED) is 0.556.